The number of phosphoric acid groups is 2. The Labute approximate surface area is 607 Å². The molecule has 17 nitrogen and oxygen atoms in total. The molecule has 0 aromatic heterocycles. The first-order valence-electron chi connectivity index (χ1n) is 39.5. The molecule has 0 bridgehead atoms. The molecule has 0 aromatic carbocycles. The van der Waals surface area contributed by atoms with Crippen LogP contribution < -0.4 is 0 Å². The van der Waals surface area contributed by atoms with Crippen LogP contribution in [0.5, 0.6) is 0 Å². The molecule has 0 aliphatic carbocycles. The van der Waals surface area contributed by atoms with E-state index in [-0.39, 0.29) is 25.7 Å². The molecule has 0 saturated carbocycles. The minimum Gasteiger partial charge on any atom is -0.462 e. The number of aliphatic hydroxyl groups excluding tert-OH is 1. The van der Waals surface area contributed by atoms with E-state index in [1.807, 2.05) is 12.2 Å². The first kappa shape index (κ1) is 96.0. The minimum absolute atomic E-state index is 0.0852. The zero-order chi connectivity index (χ0) is 73.2. The summed E-state index contributed by atoms with van der Waals surface area (Å²) in [4.78, 5) is 72.9. The van der Waals surface area contributed by atoms with E-state index in [4.69, 9.17) is 37.0 Å². The predicted molar refractivity (Wildman–Crippen MR) is 409 cm³/mol. The van der Waals surface area contributed by atoms with Gasteiger partial charge in [0.1, 0.15) is 19.3 Å². The number of rotatable bonds is 74. The third kappa shape index (κ3) is 72.3. The van der Waals surface area contributed by atoms with Gasteiger partial charge in [-0.1, -0.05) is 311 Å². The molecule has 0 heterocycles. The monoisotopic (exact) mass is 1450 g/mol. The molecule has 0 fully saturated rings. The Kier molecular flexibility index (Phi) is 70.4. The van der Waals surface area contributed by atoms with E-state index in [2.05, 4.69) is 113 Å². The third-order valence-corrected chi connectivity index (χ3v) is 18.5. The van der Waals surface area contributed by atoms with Crippen LogP contribution in [0, 0.1) is 0 Å². The second-order valence-electron chi connectivity index (χ2n) is 26.3. The highest BCUT2D eigenvalue weighted by molar-refractivity contribution is 7.47. The average molecular weight is 1450 g/mol. The lowest BCUT2D eigenvalue weighted by Crippen LogP contribution is -2.30. The number of hydrogen-bond acceptors (Lipinski definition) is 15. The highest BCUT2D eigenvalue weighted by atomic mass is 31.2. The van der Waals surface area contributed by atoms with Crippen LogP contribution in [0.25, 0.3) is 0 Å². The van der Waals surface area contributed by atoms with Gasteiger partial charge in [0.2, 0.25) is 0 Å². The van der Waals surface area contributed by atoms with Gasteiger partial charge < -0.3 is 33.8 Å². The number of phosphoric ester groups is 2. The maximum absolute atomic E-state index is 13.1. The number of esters is 4. The number of carbonyl (C=O) groups is 4. The lowest BCUT2D eigenvalue weighted by Gasteiger charge is -2.21. The molecule has 0 radical (unpaired) electrons. The van der Waals surface area contributed by atoms with Crippen LogP contribution in [-0.2, 0) is 65.4 Å². The zero-order valence-corrected chi connectivity index (χ0v) is 64.9. The Morgan fingerprint density at radius 2 is 0.530 bits per heavy atom. The number of carbonyl (C=O) groups excluding carboxylic acids is 4. The molecule has 5 atom stereocenters. The SMILES string of the molecule is CC/C=C\C/C=C\C/C=C\C/C=C\C/C=C\CCCC(=O)OCC(COP(=O)(O)OCC(O)COP(=O)(O)OCC(COC(=O)CCCCCCC/C=C\C/C=C\C/C=C\CC)OC(=O)CCCCCCCCCCCCCCC)OC(=O)CCCCCCCCCCCCCCCCC. The van der Waals surface area contributed by atoms with E-state index in [0.717, 1.165) is 135 Å². The fraction of sp³-hybridized carbons (Fsp3) is 0.753. The van der Waals surface area contributed by atoms with Gasteiger partial charge in [-0.25, -0.2) is 9.13 Å². The molecule has 0 saturated heterocycles. The van der Waals surface area contributed by atoms with Crippen LogP contribution in [-0.4, -0.2) is 96.7 Å². The molecule has 0 spiro atoms. The van der Waals surface area contributed by atoms with Gasteiger partial charge in [0, 0.05) is 25.7 Å². The molecule has 3 N–H and O–H groups in total. The largest absolute Gasteiger partial charge is 0.472 e. The first-order valence-corrected chi connectivity index (χ1v) is 42.5. The van der Waals surface area contributed by atoms with Crippen LogP contribution in [0.15, 0.2) is 97.2 Å². The minimum atomic E-state index is -4.98. The van der Waals surface area contributed by atoms with Crippen LogP contribution in [0.4, 0.5) is 0 Å². The van der Waals surface area contributed by atoms with E-state index in [9.17, 15) is 43.2 Å². The third-order valence-electron chi connectivity index (χ3n) is 16.6. The summed E-state index contributed by atoms with van der Waals surface area (Å²) in [6, 6.07) is 0. The summed E-state index contributed by atoms with van der Waals surface area (Å²) in [5.41, 5.74) is 0. The van der Waals surface area contributed by atoms with Crippen molar-refractivity contribution >= 4 is 39.5 Å². The number of unbranched alkanes of at least 4 members (excludes halogenated alkanes) is 32. The molecular weight excluding hydrogens is 1310 g/mol. The molecule has 5 unspecified atom stereocenters. The van der Waals surface area contributed by atoms with Gasteiger partial charge in [0.25, 0.3) is 0 Å². The van der Waals surface area contributed by atoms with Crippen molar-refractivity contribution in [2.24, 2.45) is 0 Å². The fourth-order valence-corrected chi connectivity index (χ4v) is 12.2. The molecule has 578 valence electrons. The Balaban J connectivity index is 5.38. The summed E-state index contributed by atoms with van der Waals surface area (Å²) < 4.78 is 68.5. The molecule has 0 aliphatic rings. The maximum atomic E-state index is 13.1. The second-order valence-corrected chi connectivity index (χ2v) is 29.2. The Bertz CT molecular complexity index is 2270. The fourth-order valence-electron chi connectivity index (χ4n) is 10.6. The van der Waals surface area contributed by atoms with E-state index >= 15 is 0 Å². The number of hydrogen-bond donors (Lipinski definition) is 3. The first-order chi connectivity index (χ1) is 48.7. The molecule has 0 amide bonds. The molecule has 100 heavy (non-hydrogen) atoms. The van der Waals surface area contributed by atoms with Crippen LogP contribution >= 0.6 is 15.6 Å². The summed E-state index contributed by atoms with van der Waals surface area (Å²) in [5, 5.41) is 10.6. The van der Waals surface area contributed by atoms with E-state index < -0.39 is 97.5 Å². The van der Waals surface area contributed by atoms with E-state index in [0.29, 0.717) is 32.1 Å². The summed E-state index contributed by atoms with van der Waals surface area (Å²) in [6.45, 7) is 4.61. The van der Waals surface area contributed by atoms with Crippen molar-refractivity contribution in [2.75, 3.05) is 39.6 Å². The second kappa shape index (κ2) is 73.3. The van der Waals surface area contributed by atoms with Crippen molar-refractivity contribution in [3.63, 3.8) is 0 Å². The van der Waals surface area contributed by atoms with E-state index in [1.165, 1.54) is 116 Å². The Morgan fingerprint density at radius 3 is 0.840 bits per heavy atom. The van der Waals surface area contributed by atoms with Gasteiger partial charge >= 0.3 is 39.5 Å². The van der Waals surface area contributed by atoms with Gasteiger partial charge in [-0.05, 0) is 96.3 Å². The quantitative estimate of drug-likeness (QED) is 0.0169. The number of ether oxygens (including phenoxy) is 4. The summed E-state index contributed by atoms with van der Waals surface area (Å²) in [7, 11) is -9.96. The highest BCUT2D eigenvalue weighted by Crippen LogP contribution is 2.45. The van der Waals surface area contributed by atoms with Crippen molar-refractivity contribution in [1.82, 2.24) is 0 Å². The number of allylic oxidation sites excluding steroid dienone is 16. The Hall–Kier alpha value is -4.02. The van der Waals surface area contributed by atoms with Gasteiger partial charge in [-0.15, -0.1) is 0 Å². The van der Waals surface area contributed by atoms with E-state index in [1.54, 1.807) is 0 Å². The predicted octanol–water partition coefficient (Wildman–Crippen LogP) is 22.8. The molecule has 0 aromatic rings. The molecule has 0 rings (SSSR count). The van der Waals surface area contributed by atoms with Crippen molar-refractivity contribution < 1.29 is 80.2 Å². The zero-order valence-electron chi connectivity index (χ0n) is 63.1. The van der Waals surface area contributed by atoms with Crippen molar-refractivity contribution in [2.45, 2.75) is 354 Å². The Morgan fingerprint density at radius 1 is 0.290 bits per heavy atom. The average Bonchev–Trinajstić information content (AvgIpc) is 1.06. The smallest absolute Gasteiger partial charge is 0.462 e. The van der Waals surface area contributed by atoms with Gasteiger partial charge in [0.05, 0.1) is 26.4 Å². The topological polar surface area (TPSA) is 237 Å². The van der Waals surface area contributed by atoms with Crippen molar-refractivity contribution in [3.8, 4) is 0 Å². The highest BCUT2D eigenvalue weighted by Gasteiger charge is 2.30. The van der Waals surface area contributed by atoms with Gasteiger partial charge in [-0.3, -0.25) is 37.3 Å². The van der Waals surface area contributed by atoms with Gasteiger partial charge in [-0.2, -0.15) is 0 Å². The lowest BCUT2D eigenvalue weighted by atomic mass is 10.0. The molecular formula is C81H142O17P2. The lowest BCUT2D eigenvalue weighted by molar-refractivity contribution is -0.161. The van der Waals surface area contributed by atoms with Gasteiger partial charge in [0.15, 0.2) is 12.2 Å². The van der Waals surface area contributed by atoms with Crippen LogP contribution in [0.3, 0.4) is 0 Å². The number of aliphatic hydroxyl groups is 1. The van der Waals surface area contributed by atoms with Crippen LogP contribution in [0.2, 0.25) is 0 Å². The normalized spacial score (nSPS) is 14.4. The van der Waals surface area contributed by atoms with Crippen molar-refractivity contribution in [1.29, 1.82) is 0 Å². The molecule has 19 heteroatoms. The van der Waals surface area contributed by atoms with Crippen molar-refractivity contribution in [3.05, 3.63) is 97.2 Å². The van der Waals surface area contributed by atoms with Crippen LogP contribution in [0.1, 0.15) is 336 Å². The summed E-state index contributed by atoms with van der Waals surface area (Å²) >= 11 is 0. The summed E-state index contributed by atoms with van der Waals surface area (Å²) in [6.07, 6.45) is 76.8. The summed E-state index contributed by atoms with van der Waals surface area (Å²) in [5.74, 6) is -2.24. The standard InChI is InChI=1S/C81H142O17P2/c1-5-9-13-17-21-25-29-33-36-37-40-43-46-50-54-58-62-66-79(84)92-72-77(98-81(86)68-64-60-56-52-48-44-39-35-31-27-23-19-15-11-7-3)74-96-100(89,90)94-70-75(82)69-93-99(87,88)95-73-76(97-80(85)67-63-59-55-51-47-41-32-28-24-20-16-12-8-4)71-91-78(83)65-61-57-53-49-45-42-38-34-30-26-22-18-14-10-6-2/h9-10,13-14,21-22,25-26,33-34,36,38,40,43,50,54,75-77,82H,5-8,11-12,15-20,23-24,27-32,35,37,39,41-42,44-49,51-53,55-74H2,1-4H3,(H,87,88)(H,89,90)/b13-9-,14-10-,25-21-,26-22-,36-33-,38-34-,43-40-,54-50-. The molecule has 0 aliphatic heterocycles. The maximum Gasteiger partial charge on any atom is 0.472 e.